The van der Waals surface area contributed by atoms with E-state index in [9.17, 15) is 0 Å². The fourth-order valence-corrected chi connectivity index (χ4v) is 2.54. The zero-order valence-electron chi connectivity index (χ0n) is 12.8. The molecule has 2 aromatic carbocycles. The molecule has 1 aliphatic heterocycles. The third-order valence-corrected chi connectivity index (χ3v) is 3.66. The number of benzene rings is 2. The predicted octanol–water partition coefficient (Wildman–Crippen LogP) is 4.32. The van der Waals surface area contributed by atoms with E-state index < -0.39 is 0 Å². The molecule has 3 nitrogen and oxygen atoms in total. The van der Waals surface area contributed by atoms with Gasteiger partial charge in [0.15, 0.2) is 11.5 Å². The van der Waals surface area contributed by atoms with Gasteiger partial charge in [-0.05, 0) is 34.7 Å². The number of hydrogen-bond donors (Lipinski definition) is 1. The molecule has 0 bridgehead atoms. The van der Waals surface area contributed by atoms with Crippen LogP contribution in [0, 0.1) is 0 Å². The molecule has 3 rings (SSSR count). The van der Waals surface area contributed by atoms with Crippen LogP contribution < -0.4 is 14.8 Å². The molecule has 1 aliphatic rings. The maximum absolute atomic E-state index is 5.42. The molecule has 3 heteroatoms. The highest BCUT2D eigenvalue weighted by molar-refractivity contribution is 5.55. The first-order valence-electron chi connectivity index (χ1n) is 7.26. The molecule has 0 unspecified atom stereocenters. The highest BCUT2D eigenvalue weighted by atomic mass is 16.7. The van der Waals surface area contributed by atoms with Crippen molar-refractivity contribution in [2.45, 2.75) is 32.7 Å². The smallest absolute Gasteiger partial charge is 0.231 e. The number of anilines is 1. The van der Waals surface area contributed by atoms with Gasteiger partial charge in [-0.25, -0.2) is 0 Å². The molecule has 110 valence electrons. The van der Waals surface area contributed by atoms with Crippen LogP contribution in [0.2, 0.25) is 0 Å². The van der Waals surface area contributed by atoms with Crippen LogP contribution in [0.25, 0.3) is 0 Å². The number of fused-ring (bicyclic) bond motifs is 1. The molecule has 21 heavy (non-hydrogen) atoms. The van der Waals surface area contributed by atoms with Crippen molar-refractivity contribution in [3.05, 3.63) is 53.6 Å². The molecule has 0 radical (unpaired) electrons. The SMILES string of the molecule is CC(C)(C)c1ccccc1NCc1ccc2c(c1)OCO2. The van der Waals surface area contributed by atoms with Gasteiger partial charge in [0.25, 0.3) is 0 Å². The zero-order valence-corrected chi connectivity index (χ0v) is 12.8. The van der Waals surface area contributed by atoms with E-state index in [1.54, 1.807) is 0 Å². The highest BCUT2D eigenvalue weighted by Gasteiger charge is 2.17. The lowest BCUT2D eigenvalue weighted by Crippen LogP contribution is -2.14. The summed E-state index contributed by atoms with van der Waals surface area (Å²) in [6, 6.07) is 14.5. The first-order chi connectivity index (χ1) is 10.0. The Bertz CT molecular complexity index is 644. The van der Waals surface area contributed by atoms with E-state index in [1.165, 1.54) is 16.8 Å². The summed E-state index contributed by atoms with van der Waals surface area (Å²) in [4.78, 5) is 0. The Hall–Kier alpha value is -2.16. The molecule has 0 saturated carbocycles. The summed E-state index contributed by atoms with van der Waals surface area (Å²) in [5.41, 5.74) is 3.81. The monoisotopic (exact) mass is 283 g/mol. The van der Waals surface area contributed by atoms with Crippen molar-refractivity contribution in [2.24, 2.45) is 0 Å². The van der Waals surface area contributed by atoms with Crippen LogP contribution in [0.1, 0.15) is 31.9 Å². The number of rotatable bonds is 3. The minimum atomic E-state index is 0.123. The van der Waals surface area contributed by atoms with E-state index in [0.717, 1.165) is 18.0 Å². The van der Waals surface area contributed by atoms with Crippen molar-refractivity contribution in [1.29, 1.82) is 0 Å². The summed E-state index contributed by atoms with van der Waals surface area (Å²) in [6.45, 7) is 7.78. The van der Waals surface area contributed by atoms with Gasteiger partial charge in [0.2, 0.25) is 6.79 Å². The van der Waals surface area contributed by atoms with Gasteiger partial charge in [-0.1, -0.05) is 45.0 Å². The summed E-state index contributed by atoms with van der Waals surface area (Å²) in [7, 11) is 0. The molecular weight excluding hydrogens is 262 g/mol. The quantitative estimate of drug-likeness (QED) is 0.909. The zero-order chi connectivity index (χ0) is 14.9. The van der Waals surface area contributed by atoms with Gasteiger partial charge >= 0.3 is 0 Å². The highest BCUT2D eigenvalue weighted by Crippen LogP contribution is 2.33. The third kappa shape index (κ3) is 2.97. The van der Waals surface area contributed by atoms with Crippen molar-refractivity contribution in [2.75, 3.05) is 12.1 Å². The molecule has 1 heterocycles. The van der Waals surface area contributed by atoms with Crippen LogP contribution in [-0.2, 0) is 12.0 Å². The minimum Gasteiger partial charge on any atom is -0.454 e. The normalized spacial score (nSPS) is 13.3. The maximum Gasteiger partial charge on any atom is 0.231 e. The van der Waals surface area contributed by atoms with Crippen molar-refractivity contribution >= 4 is 5.69 Å². The van der Waals surface area contributed by atoms with Crippen molar-refractivity contribution in [3.8, 4) is 11.5 Å². The standard InChI is InChI=1S/C18H21NO2/c1-18(2,3)14-6-4-5-7-15(14)19-11-13-8-9-16-17(10-13)21-12-20-16/h4-10,19H,11-12H2,1-3H3. The van der Waals surface area contributed by atoms with Gasteiger partial charge < -0.3 is 14.8 Å². The molecule has 0 aromatic heterocycles. The molecule has 0 amide bonds. The van der Waals surface area contributed by atoms with Crippen molar-refractivity contribution in [1.82, 2.24) is 0 Å². The van der Waals surface area contributed by atoms with E-state index in [-0.39, 0.29) is 5.41 Å². The molecule has 1 N–H and O–H groups in total. The Morgan fingerprint density at radius 3 is 2.57 bits per heavy atom. The van der Waals surface area contributed by atoms with Gasteiger partial charge in [-0.15, -0.1) is 0 Å². The Balaban J connectivity index is 1.76. The minimum absolute atomic E-state index is 0.123. The van der Waals surface area contributed by atoms with E-state index in [4.69, 9.17) is 9.47 Å². The molecule has 0 saturated heterocycles. The maximum atomic E-state index is 5.42. The molecular formula is C18H21NO2. The molecule has 0 fully saturated rings. The van der Waals surface area contributed by atoms with Crippen LogP contribution >= 0.6 is 0 Å². The summed E-state index contributed by atoms with van der Waals surface area (Å²) >= 11 is 0. The summed E-state index contributed by atoms with van der Waals surface area (Å²) < 4.78 is 10.8. The Morgan fingerprint density at radius 1 is 1.00 bits per heavy atom. The van der Waals surface area contributed by atoms with Crippen LogP contribution in [-0.4, -0.2) is 6.79 Å². The van der Waals surface area contributed by atoms with Crippen LogP contribution in [0.15, 0.2) is 42.5 Å². The fourth-order valence-electron chi connectivity index (χ4n) is 2.54. The van der Waals surface area contributed by atoms with E-state index in [0.29, 0.717) is 6.79 Å². The third-order valence-electron chi connectivity index (χ3n) is 3.66. The van der Waals surface area contributed by atoms with E-state index in [2.05, 4.69) is 56.4 Å². The molecule has 0 aliphatic carbocycles. The van der Waals surface area contributed by atoms with Crippen LogP contribution in [0.5, 0.6) is 11.5 Å². The molecule has 2 aromatic rings. The lowest BCUT2D eigenvalue weighted by molar-refractivity contribution is 0.174. The van der Waals surface area contributed by atoms with Gasteiger partial charge in [-0.3, -0.25) is 0 Å². The van der Waals surface area contributed by atoms with Crippen LogP contribution in [0.3, 0.4) is 0 Å². The number of ether oxygens (including phenoxy) is 2. The average molecular weight is 283 g/mol. The second kappa shape index (κ2) is 5.32. The Labute approximate surface area is 125 Å². The first-order valence-corrected chi connectivity index (χ1v) is 7.26. The molecule has 0 spiro atoms. The Morgan fingerprint density at radius 2 is 1.76 bits per heavy atom. The number of hydrogen-bond acceptors (Lipinski definition) is 3. The Kier molecular flexibility index (Phi) is 3.50. The van der Waals surface area contributed by atoms with Gasteiger partial charge in [0.1, 0.15) is 0 Å². The van der Waals surface area contributed by atoms with Crippen molar-refractivity contribution in [3.63, 3.8) is 0 Å². The van der Waals surface area contributed by atoms with E-state index >= 15 is 0 Å². The van der Waals surface area contributed by atoms with E-state index in [1.807, 2.05) is 12.1 Å². The van der Waals surface area contributed by atoms with Crippen molar-refractivity contribution < 1.29 is 9.47 Å². The average Bonchev–Trinajstić information content (AvgIpc) is 2.92. The summed E-state index contributed by atoms with van der Waals surface area (Å²) in [5.74, 6) is 1.66. The summed E-state index contributed by atoms with van der Waals surface area (Å²) in [6.07, 6.45) is 0. The molecule has 0 atom stereocenters. The number of nitrogens with one attached hydrogen (secondary N) is 1. The largest absolute Gasteiger partial charge is 0.454 e. The summed E-state index contributed by atoms with van der Waals surface area (Å²) in [5, 5.41) is 3.53. The fraction of sp³-hybridized carbons (Fsp3) is 0.333. The van der Waals surface area contributed by atoms with Gasteiger partial charge in [0.05, 0.1) is 0 Å². The van der Waals surface area contributed by atoms with Gasteiger partial charge in [-0.2, -0.15) is 0 Å². The predicted molar refractivity (Wildman–Crippen MR) is 85.0 cm³/mol. The number of para-hydroxylation sites is 1. The second-order valence-electron chi connectivity index (χ2n) is 6.34. The first kappa shape index (κ1) is 13.8. The lowest BCUT2D eigenvalue weighted by Gasteiger charge is -2.23. The van der Waals surface area contributed by atoms with Gasteiger partial charge in [0, 0.05) is 12.2 Å². The topological polar surface area (TPSA) is 30.5 Å². The second-order valence-corrected chi connectivity index (χ2v) is 6.34. The van der Waals surface area contributed by atoms with Crippen LogP contribution in [0.4, 0.5) is 5.69 Å². The lowest BCUT2D eigenvalue weighted by atomic mass is 9.86.